The molecule has 0 saturated heterocycles. The molecular formula is C23H15Cl3N2O3. The Hall–Kier alpha value is -3.17. The number of benzene rings is 3. The molecule has 0 atom stereocenters. The molecule has 0 aliphatic heterocycles. The maximum atomic E-state index is 12.4. The van der Waals surface area contributed by atoms with Crippen molar-refractivity contribution in [1.82, 2.24) is 0 Å². The van der Waals surface area contributed by atoms with E-state index in [0.717, 1.165) is 5.56 Å². The predicted molar refractivity (Wildman–Crippen MR) is 123 cm³/mol. The lowest BCUT2D eigenvalue weighted by atomic mass is 10.1. The fourth-order valence-electron chi connectivity index (χ4n) is 2.62. The summed E-state index contributed by atoms with van der Waals surface area (Å²) in [6, 6.07) is 18.1. The van der Waals surface area contributed by atoms with Crippen LogP contribution in [0, 0.1) is 11.3 Å². The van der Waals surface area contributed by atoms with Gasteiger partial charge in [0.2, 0.25) is 0 Å². The summed E-state index contributed by atoms with van der Waals surface area (Å²) < 4.78 is 5.72. The number of amides is 1. The summed E-state index contributed by atoms with van der Waals surface area (Å²) in [5.74, 6) is -0.276. The van der Waals surface area contributed by atoms with Gasteiger partial charge in [-0.25, -0.2) is 0 Å². The Balaban J connectivity index is 1.77. The van der Waals surface area contributed by atoms with E-state index in [9.17, 15) is 15.2 Å². The van der Waals surface area contributed by atoms with Gasteiger partial charge in [-0.05, 0) is 54.1 Å². The van der Waals surface area contributed by atoms with Crippen LogP contribution in [0.3, 0.4) is 0 Å². The fraction of sp³-hybridized carbons (Fsp3) is 0.0435. The van der Waals surface area contributed by atoms with Crippen LogP contribution >= 0.6 is 34.8 Å². The molecule has 1 amide bonds. The van der Waals surface area contributed by atoms with Crippen molar-refractivity contribution >= 4 is 52.5 Å². The number of nitrogens with one attached hydrogen (secondary N) is 1. The normalized spacial score (nSPS) is 11.0. The molecule has 3 aromatic rings. The Morgan fingerprint density at radius 2 is 1.68 bits per heavy atom. The Bertz CT molecular complexity index is 1160. The average molecular weight is 474 g/mol. The van der Waals surface area contributed by atoms with Gasteiger partial charge in [0.15, 0.2) is 5.75 Å². The van der Waals surface area contributed by atoms with Crippen LogP contribution in [0.25, 0.3) is 6.08 Å². The van der Waals surface area contributed by atoms with Gasteiger partial charge in [0.25, 0.3) is 5.91 Å². The number of aromatic hydroxyl groups is 1. The summed E-state index contributed by atoms with van der Waals surface area (Å²) in [5, 5.41) is 22.3. The molecule has 8 heteroatoms. The number of phenolic OH excluding ortho intramolecular Hbond substituents is 1. The SMILES string of the molecule is N#C/C(=C\c1cc(Cl)c(OCc2ccccc2Cl)c(Cl)c1)C(=O)Nc1ccc(O)cc1. The fourth-order valence-corrected chi connectivity index (χ4v) is 3.43. The van der Waals surface area contributed by atoms with E-state index in [1.54, 1.807) is 18.2 Å². The van der Waals surface area contributed by atoms with Gasteiger partial charge in [0.05, 0.1) is 10.0 Å². The highest BCUT2D eigenvalue weighted by molar-refractivity contribution is 6.37. The number of halogens is 3. The Kier molecular flexibility index (Phi) is 7.43. The van der Waals surface area contributed by atoms with Crippen molar-refractivity contribution in [2.24, 2.45) is 0 Å². The molecule has 0 bridgehead atoms. The molecule has 3 rings (SSSR count). The largest absolute Gasteiger partial charge is 0.508 e. The first kappa shape index (κ1) is 22.5. The summed E-state index contributed by atoms with van der Waals surface area (Å²) >= 11 is 18.8. The molecule has 0 heterocycles. The quantitative estimate of drug-likeness (QED) is 0.244. The maximum absolute atomic E-state index is 12.4. The third kappa shape index (κ3) is 5.93. The van der Waals surface area contributed by atoms with E-state index in [-0.39, 0.29) is 33.7 Å². The van der Waals surface area contributed by atoms with Crippen LogP contribution in [0.15, 0.2) is 66.2 Å². The van der Waals surface area contributed by atoms with E-state index >= 15 is 0 Å². The lowest BCUT2D eigenvalue weighted by molar-refractivity contribution is -0.112. The minimum Gasteiger partial charge on any atom is -0.508 e. The third-order valence-electron chi connectivity index (χ3n) is 4.15. The molecule has 5 nitrogen and oxygen atoms in total. The molecule has 3 aromatic carbocycles. The van der Waals surface area contributed by atoms with E-state index in [0.29, 0.717) is 16.3 Å². The van der Waals surface area contributed by atoms with Crippen LogP contribution in [-0.4, -0.2) is 11.0 Å². The van der Waals surface area contributed by atoms with Gasteiger partial charge in [0.1, 0.15) is 24.0 Å². The van der Waals surface area contributed by atoms with E-state index in [1.165, 1.54) is 30.3 Å². The maximum Gasteiger partial charge on any atom is 0.266 e. The molecule has 0 aliphatic rings. The van der Waals surface area contributed by atoms with Crippen LogP contribution in [0.4, 0.5) is 5.69 Å². The Morgan fingerprint density at radius 3 is 2.29 bits per heavy atom. The zero-order chi connectivity index (χ0) is 22.4. The molecule has 0 aliphatic carbocycles. The molecule has 0 fully saturated rings. The smallest absolute Gasteiger partial charge is 0.266 e. The van der Waals surface area contributed by atoms with Crippen molar-refractivity contribution in [1.29, 1.82) is 5.26 Å². The Labute approximate surface area is 194 Å². The highest BCUT2D eigenvalue weighted by atomic mass is 35.5. The van der Waals surface area contributed by atoms with Crippen molar-refractivity contribution in [3.63, 3.8) is 0 Å². The topological polar surface area (TPSA) is 82.3 Å². The number of carbonyl (C=O) groups is 1. The number of ether oxygens (including phenoxy) is 1. The second-order valence-electron chi connectivity index (χ2n) is 6.36. The molecule has 0 saturated carbocycles. The van der Waals surface area contributed by atoms with Crippen LogP contribution in [-0.2, 0) is 11.4 Å². The summed E-state index contributed by atoms with van der Waals surface area (Å²) in [6.07, 6.45) is 1.37. The minimum absolute atomic E-state index is 0.0650. The van der Waals surface area contributed by atoms with E-state index in [4.69, 9.17) is 39.5 Å². The van der Waals surface area contributed by atoms with Crippen molar-refractivity contribution in [2.75, 3.05) is 5.32 Å². The first-order valence-corrected chi connectivity index (χ1v) is 10.1. The highest BCUT2D eigenvalue weighted by Gasteiger charge is 2.14. The monoisotopic (exact) mass is 472 g/mol. The van der Waals surface area contributed by atoms with Gasteiger partial charge in [0, 0.05) is 16.3 Å². The first-order valence-electron chi connectivity index (χ1n) is 8.95. The number of phenols is 1. The lowest BCUT2D eigenvalue weighted by Gasteiger charge is -2.12. The highest BCUT2D eigenvalue weighted by Crippen LogP contribution is 2.36. The third-order valence-corrected chi connectivity index (χ3v) is 5.08. The molecule has 2 N–H and O–H groups in total. The van der Waals surface area contributed by atoms with Crippen LogP contribution in [0.5, 0.6) is 11.5 Å². The molecule has 31 heavy (non-hydrogen) atoms. The zero-order valence-corrected chi connectivity index (χ0v) is 18.2. The van der Waals surface area contributed by atoms with Gasteiger partial charge in [-0.3, -0.25) is 4.79 Å². The van der Waals surface area contributed by atoms with Crippen LogP contribution in [0.1, 0.15) is 11.1 Å². The second-order valence-corrected chi connectivity index (χ2v) is 7.59. The zero-order valence-electron chi connectivity index (χ0n) is 15.9. The Morgan fingerprint density at radius 1 is 1.03 bits per heavy atom. The van der Waals surface area contributed by atoms with Gasteiger partial charge < -0.3 is 15.2 Å². The number of hydrogen-bond acceptors (Lipinski definition) is 4. The second kappa shape index (κ2) is 10.2. The average Bonchev–Trinajstić information content (AvgIpc) is 2.74. The molecule has 156 valence electrons. The van der Waals surface area contributed by atoms with Gasteiger partial charge in [-0.1, -0.05) is 53.0 Å². The van der Waals surface area contributed by atoms with Gasteiger partial charge >= 0.3 is 0 Å². The van der Waals surface area contributed by atoms with E-state index < -0.39 is 5.91 Å². The van der Waals surface area contributed by atoms with Crippen molar-refractivity contribution in [3.05, 3.63) is 92.4 Å². The lowest BCUT2D eigenvalue weighted by Crippen LogP contribution is -2.13. The minimum atomic E-state index is -0.612. The number of anilines is 1. The summed E-state index contributed by atoms with van der Waals surface area (Å²) in [6.45, 7) is 0.173. The van der Waals surface area contributed by atoms with Crippen LogP contribution < -0.4 is 10.1 Å². The summed E-state index contributed by atoms with van der Waals surface area (Å²) in [5.41, 5.74) is 1.52. The molecule has 0 aromatic heterocycles. The van der Waals surface area contributed by atoms with E-state index in [2.05, 4.69) is 5.32 Å². The number of nitrogens with zero attached hydrogens (tertiary/aromatic N) is 1. The number of rotatable bonds is 6. The standard InChI is InChI=1S/C23H15Cl3N2O3/c24-19-4-2-1-3-15(19)13-31-22-20(25)10-14(11-21(22)26)9-16(12-27)23(30)28-17-5-7-18(29)8-6-17/h1-11,29H,13H2,(H,28,30)/b16-9+. The number of nitriles is 1. The van der Waals surface area contributed by atoms with Crippen molar-refractivity contribution < 1.29 is 14.6 Å². The first-order chi connectivity index (χ1) is 14.9. The molecule has 0 spiro atoms. The summed E-state index contributed by atoms with van der Waals surface area (Å²) in [7, 11) is 0. The van der Waals surface area contributed by atoms with Gasteiger partial charge in [-0.2, -0.15) is 5.26 Å². The number of carbonyl (C=O) groups excluding carboxylic acids is 1. The number of hydrogen-bond donors (Lipinski definition) is 2. The predicted octanol–water partition coefficient (Wildman–Crippen LogP) is 6.48. The molecular weight excluding hydrogens is 459 g/mol. The van der Waals surface area contributed by atoms with E-state index in [1.807, 2.05) is 24.3 Å². The van der Waals surface area contributed by atoms with Gasteiger partial charge in [-0.15, -0.1) is 0 Å². The van der Waals surface area contributed by atoms with Crippen molar-refractivity contribution in [2.45, 2.75) is 6.61 Å². The summed E-state index contributed by atoms with van der Waals surface area (Å²) in [4.78, 5) is 12.4. The molecule has 0 unspecified atom stereocenters. The molecule has 0 radical (unpaired) electrons. The van der Waals surface area contributed by atoms with Crippen molar-refractivity contribution in [3.8, 4) is 17.6 Å². The van der Waals surface area contributed by atoms with Crippen LogP contribution in [0.2, 0.25) is 15.1 Å².